The first-order chi connectivity index (χ1) is 7.47. The number of aliphatic carboxylic acids is 1. The van der Waals surface area contributed by atoms with E-state index >= 15 is 0 Å². The molecule has 16 heavy (non-hydrogen) atoms. The fourth-order valence-electron chi connectivity index (χ4n) is 1.18. The number of carbonyl (C=O) groups is 1. The van der Waals surface area contributed by atoms with Gasteiger partial charge in [-0.3, -0.25) is 4.79 Å². The van der Waals surface area contributed by atoms with Gasteiger partial charge in [0.2, 0.25) is 10.0 Å². The molecule has 2 N–H and O–H groups in total. The van der Waals surface area contributed by atoms with E-state index in [9.17, 15) is 13.2 Å². The van der Waals surface area contributed by atoms with Crippen LogP contribution in [0, 0.1) is 0 Å². The number of nitrogens with one attached hydrogen (secondary N) is 1. The molecule has 1 heterocycles. The van der Waals surface area contributed by atoms with E-state index in [1.807, 2.05) is 0 Å². The van der Waals surface area contributed by atoms with Gasteiger partial charge in [0.15, 0.2) is 0 Å². The van der Waals surface area contributed by atoms with Crippen LogP contribution in [0.2, 0.25) is 0 Å². The Hall–Kier alpha value is -0.920. The van der Waals surface area contributed by atoms with E-state index in [4.69, 9.17) is 5.11 Å². The normalized spacial score (nSPS) is 13.6. The topological polar surface area (TPSA) is 83.5 Å². The number of hydrogen-bond donors (Lipinski definition) is 2. The summed E-state index contributed by atoms with van der Waals surface area (Å²) in [6.07, 6.45) is 0.877. The average molecular weight is 263 g/mol. The van der Waals surface area contributed by atoms with Crippen molar-refractivity contribution in [1.29, 1.82) is 0 Å². The molecule has 0 fully saturated rings. The van der Waals surface area contributed by atoms with Crippen molar-refractivity contribution in [2.45, 2.75) is 30.7 Å². The van der Waals surface area contributed by atoms with Crippen LogP contribution in [-0.2, 0) is 14.8 Å². The molecule has 0 aliphatic heterocycles. The molecule has 0 aromatic carbocycles. The second-order valence-corrected chi connectivity index (χ2v) is 5.75. The van der Waals surface area contributed by atoms with Crippen LogP contribution in [0.15, 0.2) is 21.7 Å². The standard InChI is InChI=1S/C9H13NO4S2/c1-2-3-8(9(11)12)10-16(13,14)7-4-5-15-6-7/h4-6,8,10H,2-3H2,1H3,(H,11,12). The van der Waals surface area contributed by atoms with Gasteiger partial charge in [0.1, 0.15) is 6.04 Å². The molecule has 1 atom stereocenters. The van der Waals surface area contributed by atoms with Crippen molar-refractivity contribution in [3.63, 3.8) is 0 Å². The lowest BCUT2D eigenvalue weighted by Crippen LogP contribution is -2.40. The zero-order valence-corrected chi connectivity index (χ0v) is 10.3. The van der Waals surface area contributed by atoms with Crippen LogP contribution in [0.5, 0.6) is 0 Å². The number of sulfonamides is 1. The van der Waals surface area contributed by atoms with Crippen molar-refractivity contribution in [2.24, 2.45) is 0 Å². The summed E-state index contributed by atoms with van der Waals surface area (Å²) >= 11 is 1.25. The van der Waals surface area contributed by atoms with E-state index in [1.54, 1.807) is 12.3 Å². The van der Waals surface area contributed by atoms with Gasteiger partial charge in [-0.1, -0.05) is 13.3 Å². The Morgan fingerprint density at radius 1 is 1.62 bits per heavy atom. The highest BCUT2D eigenvalue weighted by Gasteiger charge is 2.24. The Morgan fingerprint density at radius 3 is 2.75 bits per heavy atom. The van der Waals surface area contributed by atoms with Crippen molar-refractivity contribution in [3.05, 3.63) is 16.8 Å². The minimum Gasteiger partial charge on any atom is -0.480 e. The highest BCUT2D eigenvalue weighted by atomic mass is 32.2. The molecule has 1 rings (SSSR count). The third kappa shape index (κ3) is 3.29. The van der Waals surface area contributed by atoms with Gasteiger partial charge in [0.25, 0.3) is 0 Å². The van der Waals surface area contributed by atoms with Crippen LogP contribution in [0.3, 0.4) is 0 Å². The van der Waals surface area contributed by atoms with Gasteiger partial charge in [-0.15, -0.1) is 0 Å². The van der Waals surface area contributed by atoms with Gasteiger partial charge in [-0.05, 0) is 17.9 Å². The highest BCUT2D eigenvalue weighted by Crippen LogP contribution is 2.14. The second kappa shape index (κ2) is 5.42. The van der Waals surface area contributed by atoms with Gasteiger partial charge >= 0.3 is 5.97 Å². The third-order valence-corrected chi connectivity index (χ3v) is 4.28. The molecular formula is C9H13NO4S2. The van der Waals surface area contributed by atoms with E-state index in [2.05, 4.69) is 4.72 Å². The van der Waals surface area contributed by atoms with Gasteiger partial charge in [-0.2, -0.15) is 16.1 Å². The van der Waals surface area contributed by atoms with Crippen LogP contribution in [-0.4, -0.2) is 25.5 Å². The molecule has 0 aliphatic carbocycles. The molecule has 90 valence electrons. The predicted octanol–water partition coefficient (Wildman–Crippen LogP) is 1.28. The van der Waals surface area contributed by atoms with Gasteiger partial charge < -0.3 is 5.11 Å². The summed E-state index contributed by atoms with van der Waals surface area (Å²) in [5.74, 6) is -1.15. The van der Waals surface area contributed by atoms with Crippen molar-refractivity contribution in [2.75, 3.05) is 0 Å². The van der Waals surface area contributed by atoms with Crippen molar-refractivity contribution in [1.82, 2.24) is 4.72 Å². The second-order valence-electron chi connectivity index (χ2n) is 3.26. The quantitative estimate of drug-likeness (QED) is 0.809. The molecule has 0 amide bonds. The molecule has 1 aromatic heterocycles. The summed E-state index contributed by atoms with van der Waals surface area (Å²) in [4.78, 5) is 10.9. The predicted molar refractivity (Wildman–Crippen MR) is 61.0 cm³/mol. The molecule has 0 spiro atoms. The Bertz CT molecular complexity index is 438. The number of carboxylic acids is 1. The average Bonchev–Trinajstić information content (AvgIpc) is 2.69. The number of carboxylic acid groups (broad SMARTS) is 1. The smallest absolute Gasteiger partial charge is 0.321 e. The third-order valence-electron chi connectivity index (χ3n) is 1.98. The minimum absolute atomic E-state index is 0.111. The largest absolute Gasteiger partial charge is 0.480 e. The molecule has 0 bridgehead atoms. The van der Waals surface area contributed by atoms with Crippen LogP contribution in [0.4, 0.5) is 0 Å². The monoisotopic (exact) mass is 263 g/mol. The maximum Gasteiger partial charge on any atom is 0.321 e. The van der Waals surface area contributed by atoms with E-state index in [1.165, 1.54) is 22.8 Å². The van der Waals surface area contributed by atoms with Crippen molar-refractivity contribution < 1.29 is 18.3 Å². The van der Waals surface area contributed by atoms with E-state index < -0.39 is 22.0 Å². The number of hydrogen-bond acceptors (Lipinski definition) is 4. The zero-order valence-electron chi connectivity index (χ0n) is 8.71. The molecule has 0 saturated heterocycles. The zero-order chi connectivity index (χ0) is 12.2. The summed E-state index contributed by atoms with van der Waals surface area (Å²) in [6.45, 7) is 1.80. The minimum atomic E-state index is -3.70. The Labute approximate surface area is 98.2 Å². The highest BCUT2D eigenvalue weighted by molar-refractivity contribution is 7.89. The maximum atomic E-state index is 11.7. The van der Waals surface area contributed by atoms with Gasteiger partial charge in [-0.25, -0.2) is 8.42 Å². The lowest BCUT2D eigenvalue weighted by molar-refractivity contribution is -0.139. The summed E-state index contributed by atoms with van der Waals surface area (Å²) in [5, 5.41) is 11.9. The Kier molecular flexibility index (Phi) is 4.45. The van der Waals surface area contributed by atoms with Crippen molar-refractivity contribution >= 4 is 27.3 Å². The first-order valence-corrected chi connectivity index (χ1v) is 7.17. The lowest BCUT2D eigenvalue weighted by Gasteiger charge is -2.12. The van der Waals surface area contributed by atoms with Crippen molar-refractivity contribution in [3.8, 4) is 0 Å². The SMILES string of the molecule is CCCC(NS(=O)(=O)c1ccsc1)C(=O)O. The summed E-state index contributed by atoms with van der Waals surface area (Å²) < 4.78 is 25.6. The fourth-order valence-corrected chi connectivity index (χ4v) is 3.43. The first kappa shape index (κ1) is 13.1. The molecule has 1 unspecified atom stereocenters. The molecular weight excluding hydrogens is 250 g/mol. The molecule has 0 aliphatic rings. The maximum absolute atomic E-state index is 11.7. The molecule has 5 nitrogen and oxygen atoms in total. The Balaban J connectivity index is 2.82. The first-order valence-electron chi connectivity index (χ1n) is 4.74. The van der Waals surface area contributed by atoms with E-state index in [-0.39, 0.29) is 11.3 Å². The van der Waals surface area contributed by atoms with Crippen LogP contribution >= 0.6 is 11.3 Å². The van der Waals surface area contributed by atoms with Crippen LogP contribution in [0.25, 0.3) is 0 Å². The summed E-state index contributed by atoms with van der Waals surface area (Å²) in [6, 6.07) is 0.382. The van der Waals surface area contributed by atoms with Crippen LogP contribution < -0.4 is 4.72 Å². The molecule has 1 aromatic rings. The molecule has 0 saturated carbocycles. The van der Waals surface area contributed by atoms with Crippen LogP contribution in [0.1, 0.15) is 19.8 Å². The van der Waals surface area contributed by atoms with E-state index in [0.29, 0.717) is 6.42 Å². The molecule has 0 radical (unpaired) electrons. The molecule has 7 heteroatoms. The summed E-state index contributed by atoms with van der Waals surface area (Å²) in [7, 11) is -3.70. The van der Waals surface area contributed by atoms with Gasteiger partial charge in [0.05, 0.1) is 4.90 Å². The summed E-state index contributed by atoms with van der Waals surface area (Å²) in [5.41, 5.74) is 0. The Morgan fingerprint density at radius 2 is 2.31 bits per heavy atom. The number of rotatable bonds is 6. The van der Waals surface area contributed by atoms with Gasteiger partial charge in [0, 0.05) is 5.38 Å². The van der Waals surface area contributed by atoms with E-state index in [0.717, 1.165) is 0 Å². The number of thiophene rings is 1. The fraction of sp³-hybridized carbons (Fsp3) is 0.444. The lowest BCUT2D eigenvalue weighted by atomic mass is 10.2.